The minimum absolute atomic E-state index is 0.00193. The molecule has 58 heavy (non-hydrogen) atoms. The lowest BCUT2D eigenvalue weighted by Crippen LogP contribution is -2.35. The zero-order chi connectivity index (χ0) is 42.5. The molecule has 2 aromatic carbocycles. The van der Waals surface area contributed by atoms with Gasteiger partial charge in [-0.05, 0) is 68.0 Å². The monoisotopic (exact) mass is 834 g/mol. The molecule has 0 aliphatic heterocycles. The van der Waals surface area contributed by atoms with E-state index in [4.69, 9.17) is 0 Å². The van der Waals surface area contributed by atoms with E-state index in [1.807, 2.05) is 0 Å². The maximum absolute atomic E-state index is 15.2. The van der Waals surface area contributed by atoms with E-state index in [1.54, 1.807) is 31.2 Å². The molecule has 1 aliphatic rings. The number of amides is 1. The maximum atomic E-state index is 15.2. The van der Waals surface area contributed by atoms with Gasteiger partial charge in [0.05, 0.1) is 17.3 Å². The second-order valence-electron chi connectivity index (χ2n) is 14.4. The van der Waals surface area contributed by atoms with Crippen molar-refractivity contribution in [2.24, 2.45) is 7.05 Å². The average molecular weight is 835 g/mol. The summed E-state index contributed by atoms with van der Waals surface area (Å²) < 4.78 is 133. The average Bonchev–Trinajstić information content (AvgIpc) is 3.71. The highest BCUT2D eigenvalue weighted by atomic mass is 32.2. The van der Waals surface area contributed by atoms with Gasteiger partial charge in [0, 0.05) is 48.2 Å². The number of pyridine rings is 1. The number of anilines is 1. The third-order valence-electron chi connectivity index (χ3n) is 9.12. The third-order valence-corrected chi connectivity index (χ3v) is 10.3. The minimum atomic E-state index is -5.10. The van der Waals surface area contributed by atoms with Crippen molar-refractivity contribution in [2.45, 2.75) is 76.7 Å². The van der Waals surface area contributed by atoms with Gasteiger partial charge in [0.25, 0.3) is 16.1 Å². The normalized spacial score (nSPS) is 15.8. The maximum Gasteiger partial charge on any atom is 0.435 e. The molecule has 1 aliphatic carbocycles. The van der Waals surface area contributed by atoms with E-state index in [2.05, 4.69) is 41.8 Å². The predicted octanol–water partition coefficient (Wildman–Crippen LogP) is 6.22. The number of aliphatic hydroxyl groups is 1. The first kappa shape index (κ1) is 42.1. The molecule has 0 saturated heterocycles. The predicted molar refractivity (Wildman–Crippen MR) is 198 cm³/mol. The number of alkyl halides is 5. The molecule has 0 bridgehead atoms. The van der Waals surface area contributed by atoms with Crippen LogP contribution in [0.15, 0.2) is 48.5 Å². The fourth-order valence-corrected chi connectivity index (χ4v) is 7.89. The van der Waals surface area contributed by atoms with Gasteiger partial charge in [-0.2, -0.15) is 45.3 Å². The smallest absolute Gasteiger partial charge is 0.378 e. The number of nitrogens with one attached hydrogen (secondary N) is 3. The van der Waals surface area contributed by atoms with Crippen LogP contribution in [0.4, 0.5) is 36.6 Å². The molecule has 3 heterocycles. The molecular weight excluding hydrogens is 798 g/mol. The van der Waals surface area contributed by atoms with Crippen LogP contribution in [0, 0.1) is 23.5 Å². The number of halogens is 7. The molecule has 2 atom stereocenters. The SMILES string of the molecule is CCNS(=O)(=O)Nc1nn(C)c2c(-c3ccc(C#CC(C)(C)O)nc3[C@H](Cc3cc(F)cc(F)c3)NC(=O)Cn3nc(C(F)(F)F)c4c3C(F)(F)C[C@@H]4C)cccc12. The Morgan fingerprint density at radius 1 is 1.07 bits per heavy atom. The Bertz CT molecular complexity index is 2570. The van der Waals surface area contributed by atoms with Crippen LogP contribution in [0.1, 0.15) is 80.0 Å². The molecule has 0 fully saturated rings. The lowest BCUT2D eigenvalue weighted by Gasteiger charge is -2.23. The summed E-state index contributed by atoms with van der Waals surface area (Å²) in [5.41, 5.74) is -3.75. The molecule has 5 aromatic rings. The van der Waals surface area contributed by atoms with Crippen LogP contribution >= 0.6 is 0 Å². The molecule has 12 nitrogen and oxygen atoms in total. The fraction of sp³-hybridized carbons (Fsp3) is 0.368. The number of hydrogen-bond donors (Lipinski definition) is 4. The van der Waals surface area contributed by atoms with E-state index in [1.165, 1.54) is 38.6 Å². The molecular formula is C38H37F7N8O4S. The Morgan fingerprint density at radius 2 is 1.76 bits per heavy atom. The summed E-state index contributed by atoms with van der Waals surface area (Å²) in [7, 11) is -2.50. The van der Waals surface area contributed by atoms with Crippen LogP contribution < -0.4 is 14.8 Å². The van der Waals surface area contributed by atoms with Crippen molar-refractivity contribution in [3.05, 3.63) is 94.1 Å². The van der Waals surface area contributed by atoms with E-state index in [0.717, 1.165) is 12.1 Å². The zero-order valence-electron chi connectivity index (χ0n) is 31.6. The summed E-state index contributed by atoms with van der Waals surface area (Å²) in [6.45, 7) is 4.61. The molecule has 3 aromatic heterocycles. The number of hydrogen-bond acceptors (Lipinski definition) is 7. The molecule has 20 heteroatoms. The molecule has 308 valence electrons. The molecule has 6 rings (SSSR count). The standard InChI is InChI=1S/C38H37F7N8O4S/c1-6-46-58(56,57)51-35-27-9-7-8-26(32(27)52(5)50-35)25-11-10-24(12-13-36(3,4)55)47-31(25)28(16-21-14-22(39)17-23(40)15-21)48-29(54)19-53-34-30(20(2)18-37(34,41)42)33(49-53)38(43,44)45/h7-11,14-15,17,20,28,46,55H,6,16,18-19H2,1-5H3,(H,48,54)(H,50,51)/t20-,28-/m0/s1. The lowest BCUT2D eigenvalue weighted by atomic mass is 9.93. The number of fused-ring (bicyclic) bond motifs is 2. The van der Waals surface area contributed by atoms with Crippen molar-refractivity contribution >= 4 is 32.8 Å². The lowest BCUT2D eigenvalue weighted by molar-refractivity contribution is -0.142. The molecule has 4 N–H and O–H groups in total. The van der Waals surface area contributed by atoms with E-state index in [0.29, 0.717) is 27.2 Å². The largest absolute Gasteiger partial charge is 0.435 e. The quantitative estimate of drug-likeness (QED) is 0.0911. The minimum Gasteiger partial charge on any atom is -0.378 e. The number of aryl methyl sites for hydroxylation is 1. The Balaban J connectivity index is 1.52. The second kappa shape index (κ2) is 15.3. The van der Waals surface area contributed by atoms with Crippen LogP contribution in [0.3, 0.4) is 0 Å². The Labute approximate surface area is 328 Å². The molecule has 0 unspecified atom stereocenters. The summed E-state index contributed by atoms with van der Waals surface area (Å²) in [6, 6.07) is 9.05. The summed E-state index contributed by atoms with van der Waals surface area (Å²) in [5, 5.41) is 21.0. The summed E-state index contributed by atoms with van der Waals surface area (Å²) >= 11 is 0. The number of rotatable bonds is 11. The number of aromatic nitrogens is 5. The molecule has 0 spiro atoms. The van der Waals surface area contributed by atoms with Crippen molar-refractivity contribution < 1.29 is 49.1 Å². The van der Waals surface area contributed by atoms with Gasteiger partial charge in [-0.3, -0.25) is 18.9 Å². The Kier molecular flexibility index (Phi) is 11.1. The number of para-hydroxylation sites is 1. The highest BCUT2D eigenvalue weighted by Gasteiger charge is 2.53. The van der Waals surface area contributed by atoms with Crippen LogP contribution in [0.2, 0.25) is 0 Å². The Morgan fingerprint density at radius 3 is 2.40 bits per heavy atom. The van der Waals surface area contributed by atoms with Gasteiger partial charge >= 0.3 is 6.18 Å². The van der Waals surface area contributed by atoms with Gasteiger partial charge in [0.15, 0.2) is 11.5 Å². The van der Waals surface area contributed by atoms with Gasteiger partial charge in [-0.1, -0.05) is 31.9 Å². The highest BCUT2D eigenvalue weighted by Crippen LogP contribution is 2.52. The van der Waals surface area contributed by atoms with E-state index < -0.39 is 93.7 Å². The number of carbonyl (C=O) groups excluding carboxylic acids is 1. The second-order valence-corrected chi connectivity index (χ2v) is 15.9. The van der Waals surface area contributed by atoms with Crippen LogP contribution in [0.5, 0.6) is 0 Å². The van der Waals surface area contributed by atoms with Crippen LogP contribution in [0.25, 0.3) is 22.0 Å². The topological polar surface area (TPSA) is 156 Å². The first-order valence-electron chi connectivity index (χ1n) is 17.8. The van der Waals surface area contributed by atoms with Gasteiger partial charge in [-0.25, -0.2) is 13.8 Å². The van der Waals surface area contributed by atoms with E-state index in [9.17, 15) is 40.3 Å². The van der Waals surface area contributed by atoms with Crippen molar-refractivity contribution in [3.8, 4) is 23.0 Å². The fourth-order valence-electron chi connectivity index (χ4n) is 7.03. The van der Waals surface area contributed by atoms with Crippen LogP contribution in [-0.2, 0) is 47.1 Å². The third kappa shape index (κ3) is 8.95. The highest BCUT2D eigenvalue weighted by molar-refractivity contribution is 7.90. The zero-order valence-corrected chi connectivity index (χ0v) is 32.4. The van der Waals surface area contributed by atoms with E-state index >= 15 is 8.78 Å². The van der Waals surface area contributed by atoms with Crippen molar-refractivity contribution in [2.75, 3.05) is 11.3 Å². The number of nitrogens with zero attached hydrogens (tertiary/aromatic N) is 5. The van der Waals surface area contributed by atoms with E-state index in [-0.39, 0.29) is 34.9 Å². The summed E-state index contributed by atoms with van der Waals surface area (Å²) in [4.78, 5) is 18.6. The molecule has 0 radical (unpaired) electrons. The van der Waals surface area contributed by atoms with Crippen LogP contribution in [-0.4, -0.2) is 56.1 Å². The summed E-state index contributed by atoms with van der Waals surface area (Å²) in [6.07, 6.45) is -6.43. The number of carbonyl (C=O) groups is 1. The van der Waals surface area contributed by atoms with Crippen molar-refractivity contribution in [1.29, 1.82) is 0 Å². The Hall–Kier alpha value is -5.52. The van der Waals surface area contributed by atoms with Crippen molar-refractivity contribution in [1.82, 2.24) is 34.6 Å². The first-order valence-corrected chi connectivity index (χ1v) is 19.2. The summed E-state index contributed by atoms with van der Waals surface area (Å²) in [5.74, 6) is -2.68. The van der Waals surface area contributed by atoms with Gasteiger partial charge in [0.2, 0.25) is 5.91 Å². The molecule has 0 saturated carbocycles. The van der Waals surface area contributed by atoms with Gasteiger partial charge in [0.1, 0.15) is 35.2 Å². The molecule has 1 amide bonds. The van der Waals surface area contributed by atoms with Crippen molar-refractivity contribution in [3.63, 3.8) is 0 Å². The first-order chi connectivity index (χ1) is 27.0. The van der Waals surface area contributed by atoms with Gasteiger partial charge in [-0.15, -0.1) is 0 Å². The number of benzene rings is 2. The van der Waals surface area contributed by atoms with Gasteiger partial charge < -0.3 is 10.4 Å².